The number of nitrogens with zero attached hydrogens (tertiary/aromatic N) is 2. The van der Waals surface area contributed by atoms with E-state index in [4.69, 9.17) is 4.52 Å². The normalized spacial score (nSPS) is 18.9. The van der Waals surface area contributed by atoms with E-state index >= 15 is 0 Å². The molecule has 1 unspecified atom stereocenters. The minimum absolute atomic E-state index is 0.0225. The Morgan fingerprint density at radius 3 is 2.70 bits per heavy atom. The Kier molecular flexibility index (Phi) is 4.31. The zero-order chi connectivity index (χ0) is 19.3. The number of hydrogen-bond acceptors (Lipinski definition) is 7. The van der Waals surface area contributed by atoms with Crippen LogP contribution in [0.25, 0.3) is 22.4 Å². The predicted octanol–water partition coefficient (Wildman–Crippen LogP) is 2.79. The second-order valence-electron chi connectivity index (χ2n) is 6.90. The zero-order valence-electron chi connectivity index (χ0n) is 15.2. The minimum atomic E-state index is -3.07. The van der Waals surface area contributed by atoms with Gasteiger partial charge < -0.3 is 9.84 Å². The first-order chi connectivity index (χ1) is 12.7. The molecule has 1 amide bonds. The van der Waals surface area contributed by atoms with Crippen LogP contribution in [0.15, 0.2) is 16.7 Å². The van der Waals surface area contributed by atoms with E-state index in [0.29, 0.717) is 34.5 Å². The van der Waals surface area contributed by atoms with Gasteiger partial charge in [-0.3, -0.25) is 4.79 Å². The van der Waals surface area contributed by atoms with Gasteiger partial charge in [-0.1, -0.05) is 5.16 Å². The van der Waals surface area contributed by atoms with Gasteiger partial charge in [-0.15, -0.1) is 11.3 Å². The number of carbonyl (C=O) groups is 1. The summed E-state index contributed by atoms with van der Waals surface area (Å²) >= 11 is 1.66. The summed E-state index contributed by atoms with van der Waals surface area (Å²) in [5, 5.41) is 7.35. The smallest absolute Gasteiger partial charge is 0.259 e. The molecular weight excluding hydrogens is 386 g/mol. The van der Waals surface area contributed by atoms with Crippen molar-refractivity contribution in [1.82, 2.24) is 15.5 Å². The van der Waals surface area contributed by atoms with E-state index in [1.54, 1.807) is 24.3 Å². The summed E-state index contributed by atoms with van der Waals surface area (Å²) < 4.78 is 28.7. The third-order valence-corrected chi connectivity index (χ3v) is 7.48. The molecular formula is C18H19N3O4S2. The number of pyridine rings is 1. The van der Waals surface area contributed by atoms with E-state index in [2.05, 4.69) is 15.5 Å². The molecule has 4 heterocycles. The molecule has 1 aliphatic heterocycles. The molecule has 0 spiro atoms. The lowest BCUT2D eigenvalue weighted by molar-refractivity contribution is 0.0942. The van der Waals surface area contributed by atoms with Gasteiger partial charge in [0.15, 0.2) is 9.84 Å². The van der Waals surface area contributed by atoms with Crippen LogP contribution in [-0.4, -0.2) is 42.0 Å². The van der Waals surface area contributed by atoms with Crippen molar-refractivity contribution < 1.29 is 17.7 Å². The van der Waals surface area contributed by atoms with E-state index in [1.807, 2.05) is 19.9 Å². The number of aromatic nitrogens is 2. The Balaban J connectivity index is 1.77. The summed E-state index contributed by atoms with van der Waals surface area (Å²) in [6, 6.07) is 3.39. The Hall–Kier alpha value is -2.26. The second kappa shape index (κ2) is 6.42. The van der Waals surface area contributed by atoms with Gasteiger partial charge in [0.25, 0.3) is 11.6 Å². The van der Waals surface area contributed by atoms with Crippen molar-refractivity contribution in [3.63, 3.8) is 0 Å². The minimum Gasteiger partial charge on any atom is -0.348 e. The standard InChI is InChI=1S/C18H19N3O4S2/c1-9-6-13(11(3)26-9)15-7-14(16-10(2)21-25-18(16)20-15)17(22)19-12-4-5-27(23,24)8-12/h6-7,12H,4-5,8H2,1-3H3,(H,19,22). The molecule has 0 aromatic carbocycles. The van der Waals surface area contributed by atoms with Crippen molar-refractivity contribution in [2.24, 2.45) is 0 Å². The maximum atomic E-state index is 12.9. The fourth-order valence-corrected chi connectivity index (χ4v) is 6.08. The van der Waals surface area contributed by atoms with Gasteiger partial charge in [0.2, 0.25) is 0 Å². The lowest BCUT2D eigenvalue weighted by Crippen LogP contribution is -2.35. The lowest BCUT2D eigenvalue weighted by atomic mass is 10.0. The number of fused-ring (bicyclic) bond motifs is 1. The van der Waals surface area contributed by atoms with E-state index in [0.717, 1.165) is 15.3 Å². The number of thiophene rings is 1. The highest BCUT2D eigenvalue weighted by Crippen LogP contribution is 2.33. The zero-order valence-corrected chi connectivity index (χ0v) is 16.8. The molecule has 4 rings (SSSR count). The van der Waals surface area contributed by atoms with Gasteiger partial charge in [-0.05, 0) is 39.3 Å². The molecule has 3 aromatic rings. The highest BCUT2D eigenvalue weighted by Gasteiger charge is 2.30. The molecule has 0 saturated carbocycles. The number of carbonyl (C=O) groups excluding carboxylic acids is 1. The van der Waals surface area contributed by atoms with Gasteiger partial charge in [0, 0.05) is 21.4 Å². The molecule has 1 fully saturated rings. The molecule has 1 N–H and O–H groups in total. The van der Waals surface area contributed by atoms with Crippen molar-refractivity contribution in [3.05, 3.63) is 33.1 Å². The molecule has 0 bridgehead atoms. The van der Waals surface area contributed by atoms with Gasteiger partial charge in [0.1, 0.15) is 0 Å². The van der Waals surface area contributed by atoms with Crippen molar-refractivity contribution in [2.75, 3.05) is 11.5 Å². The Labute approximate surface area is 160 Å². The number of sulfone groups is 1. The van der Waals surface area contributed by atoms with Crippen LogP contribution < -0.4 is 5.32 Å². The number of hydrogen-bond donors (Lipinski definition) is 1. The molecule has 9 heteroatoms. The molecule has 1 atom stereocenters. The lowest BCUT2D eigenvalue weighted by Gasteiger charge is -2.12. The molecule has 3 aromatic heterocycles. The van der Waals surface area contributed by atoms with Gasteiger partial charge in [-0.25, -0.2) is 13.4 Å². The third-order valence-electron chi connectivity index (χ3n) is 4.75. The summed E-state index contributed by atoms with van der Waals surface area (Å²) in [5.41, 5.74) is 2.88. The maximum Gasteiger partial charge on any atom is 0.259 e. The highest BCUT2D eigenvalue weighted by molar-refractivity contribution is 7.91. The first-order valence-electron chi connectivity index (χ1n) is 8.59. The van der Waals surface area contributed by atoms with Crippen molar-refractivity contribution in [1.29, 1.82) is 0 Å². The van der Waals surface area contributed by atoms with Crippen LogP contribution in [0.5, 0.6) is 0 Å². The number of rotatable bonds is 3. The van der Waals surface area contributed by atoms with E-state index in [-0.39, 0.29) is 23.5 Å². The van der Waals surface area contributed by atoms with Crippen LogP contribution in [0.3, 0.4) is 0 Å². The number of nitrogens with one attached hydrogen (secondary N) is 1. The molecule has 0 radical (unpaired) electrons. The first-order valence-corrected chi connectivity index (χ1v) is 11.2. The second-order valence-corrected chi connectivity index (χ2v) is 10.6. The summed E-state index contributed by atoms with van der Waals surface area (Å²) in [5.74, 6) is -0.249. The highest BCUT2D eigenvalue weighted by atomic mass is 32.2. The Morgan fingerprint density at radius 2 is 2.07 bits per heavy atom. The van der Waals surface area contributed by atoms with Crippen LogP contribution >= 0.6 is 11.3 Å². The molecule has 0 aliphatic carbocycles. The van der Waals surface area contributed by atoms with Gasteiger partial charge in [0.05, 0.1) is 33.8 Å². The summed E-state index contributed by atoms with van der Waals surface area (Å²) in [7, 11) is -3.07. The molecule has 1 saturated heterocycles. The Bertz CT molecular complexity index is 1160. The van der Waals surface area contributed by atoms with Gasteiger partial charge in [-0.2, -0.15) is 0 Å². The largest absolute Gasteiger partial charge is 0.348 e. The fraction of sp³-hybridized carbons (Fsp3) is 0.389. The molecule has 27 heavy (non-hydrogen) atoms. The van der Waals surface area contributed by atoms with Crippen molar-refractivity contribution in [2.45, 2.75) is 33.2 Å². The SMILES string of the molecule is Cc1cc(-c2cc(C(=O)NC3CCS(=O)(=O)C3)c3c(C)noc3n2)c(C)s1. The third kappa shape index (κ3) is 3.37. The van der Waals surface area contributed by atoms with Crippen molar-refractivity contribution in [3.8, 4) is 11.3 Å². The van der Waals surface area contributed by atoms with Crippen LogP contribution in [0.2, 0.25) is 0 Å². The monoisotopic (exact) mass is 405 g/mol. The van der Waals surface area contributed by atoms with E-state index in [9.17, 15) is 13.2 Å². The average Bonchev–Trinajstić information content (AvgIpc) is 3.24. The van der Waals surface area contributed by atoms with E-state index in [1.165, 1.54) is 0 Å². The summed E-state index contributed by atoms with van der Waals surface area (Å²) in [4.78, 5) is 19.7. The van der Waals surface area contributed by atoms with E-state index < -0.39 is 9.84 Å². The predicted molar refractivity (Wildman–Crippen MR) is 104 cm³/mol. The molecule has 7 nitrogen and oxygen atoms in total. The van der Waals surface area contributed by atoms with Crippen LogP contribution in [0.4, 0.5) is 0 Å². The maximum absolute atomic E-state index is 12.9. The molecule has 1 aliphatic rings. The first kappa shape index (κ1) is 18.1. The molecule has 142 valence electrons. The topological polar surface area (TPSA) is 102 Å². The number of aryl methyl sites for hydroxylation is 3. The van der Waals surface area contributed by atoms with Crippen LogP contribution in [0, 0.1) is 20.8 Å². The van der Waals surface area contributed by atoms with Crippen molar-refractivity contribution >= 4 is 38.2 Å². The fourth-order valence-electron chi connectivity index (χ4n) is 3.47. The Morgan fingerprint density at radius 1 is 1.30 bits per heavy atom. The summed E-state index contributed by atoms with van der Waals surface area (Å²) in [6.07, 6.45) is 0.431. The average molecular weight is 406 g/mol. The quantitative estimate of drug-likeness (QED) is 0.719. The van der Waals surface area contributed by atoms with Crippen LogP contribution in [-0.2, 0) is 9.84 Å². The van der Waals surface area contributed by atoms with Crippen LogP contribution in [0.1, 0.15) is 32.2 Å². The van der Waals surface area contributed by atoms with Gasteiger partial charge >= 0.3 is 0 Å². The summed E-state index contributed by atoms with van der Waals surface area (Å²) in [6.45, 7) is 5.78. The number of amides is 1.